The summed E-state index contributed by atoms with van der Waals surface area (Å²) < 4.78 is 27.1. The van der Waals surface area contributed by atoms with Crippen LogP contribution in [0, 0.1) is 0 Å². The zero-order valence-electron chi connectivity index (χ0n) is 25.1. The van der Waals surface area contributed by atoms with E-state index in [-0.39, 0.29) is 0 Å². The van der Waals surface area contributed by atoms with Gasteiger partial charge in [-0.2, -0.15) is 0 Å². The van der Waals surface area contributed by atoms with Crippen LogP contribution in [0.2, 0.25) is 0 Å². The zero-order valence-corrected chi connectivity index (χ0v) is 26.9. The summed E-state index contributed by atoms with van der Waals surface area (Å²) in [5.41, 5.74) is 0. The van der Waals surface area contributed by atoms with Crippen molar-refractivity contribution in [2.45, 2.75) is 143 Å². The molecular weight excluding hydrogens is 482 g/mol. The molecule has 0 saturated heterocycles. The first-order valence-electron chi connectivity index (χ1n) is 16.0. The smallest absolute Gasteiger partial charge is 0.101 e. The summed E-state index contributed by atoms with van der Waals surface area (Å²) in [5.74, 6) is 0. The first-order valence-corrected chi connectivity index (χ1v) is 20.5. The van der Waals surface area contributed by atoms with E-state index in [0.29, 0.717) is 0 Å². The lowest BCUT2D eigenvalue weighted by atomic mass is 10.2. The topological polar surface area (TPSA) is 58.2 Å². The van der Waals surface area contributed by atoms with Crippen molar-refractivity contribution in [2.75, 3.05) is 50.3 Å². The maximum atomic E-state index is 13.5. The van der Waals surface area contributed by atoms with Crippen LogP contribution < -0.4 is 10.6 Å². The summed E-state index contributed by atoms with van der Waals surface area (Å²) in [6.07, 6.45) is 26.8. The SMILES string of the molecule is CCCCCCP(=O)(CCCCCC)CNCCCCNCP(=O)(CCCCCC)CCCCCC. The van der Waals surface area contributed by atoms with Crippen LogP contribution in [0.15, 0.2) is 0 Å². The fraction of sp³-hybridized carbons (Fsp3) is 1.00. The minimum absolute atomic E-state index is 0.726. The number of hydrogen-bond donors (Lipinski definition) is 2. The maximum Gasteiger partial charge on any atom is 0.101 e. The molecule has 0 radical (unpaired) electrons. The second kappa shape index (κ2) is 25.6. The Morgan fingerprint density at radius 3 is 0.917 bits per heavy atom. The Labute approximate surface area is 227 Å². The Morgan fingerprint density at radius 2 is 0.667 bits per heavy atom. The molecule has 6 heteroatoms. The third-order valence-electron chi connectivity index (χ3n) is 7.43. The lowest BCUT2D eigenvalue weighted by Crippen LogP contribution is -2.22. The summed E-state index contributed by atoms with van der Waals surface area (Å²) in [6.45, 7) is 10.8. The molecule has 2 N–H and O–H groups in total. The molecule has 0 heterocycles. The summed E-state index contributed by atoms with van der Waals surface area (Å²) in [5, 5.41) is 7.10. The molecule has 0 amide bonds. The lowest BCUT2D eigenvalue weighted by molar-refractivity contribution is 0.550. The van der Waals surface area contributed by atoms with Crippen molar-refractivity contribution < 1.29 is 9.13 Å². The van der Waals surface area contributed by atoms with Gasteiger partial charge in [0, 0.05) is 37.2 Å². The van der Waals surface area contributed by atoms with Gasteiger partial charge >= 0.3 is 0 Å². The van der Waals surface area contributed by atoms with E-state index in [4.69, 9.17) is 0 Å². The molecular formula is C30H66N2O2P2. The van der Waals surface area contributed by atoms with Gasteiger partial charge in [-0.25, -0.2) is 0 Å². The molecule has 0 fully saturated rings. The Morgan fingerprint density at radius 1 is 0.389 bits per heavy atom. The summed E-state index contributed by atoms with van der Waals surface area (Å²) >= 11 is 0. The molecule has 0 aromatic carbocycles. The predicted octanol–water partition coefficient (Wildman–Crippen LogP) is 9.91. The fourth-order valence-corrected chi connectivity index (χ4v) is 10.3. The van der Waals surface area contributed by atoms with E-state index in [0.717, 1.165) is 88.8 Å². The quantitative estimate of drug-likeness (QED) is 0.0721. The van der Waals surface area contributed by atoms with Crippen molar-refractivity contribution in [3.8, 4) is 0 Å². The highest BCUT2D eigenvalue weighted by molar-refractivity contribution is 7.64. The number of hydrogen-bond acceptors (Lipinski definition) is 4. The summed E-state index contributed by atoms with van der Waals surface area (Å²) in [4.78, 5) is 0. The average molecular weight is 549 g/mol. The number of nitrogens with one attached hydrogen (secondary N) is 2. The van der Waals surface area contributed by atoms with Crippen molar-refractivity contribution in [2.24, 2.45) is 0 Å². The van der Waals surface area contributed by atoms with Crippen LogP contribution in [0.4, 0.5) is 0 Å². The van der Waals surface area contributed by atoms with Crippen LogP contribution in [0.3, 0.4) is 0 Å². The van der Waals surface area contributed by atoms with Crippen LogP contribution in [0.5, 0.6) is 0 Å². The molecule has 0 aromatic rings. The van der Waals surface area contributed by atoms with E-state index < -0.39 is 14.3 Å². The standard InChI is InChI=1S/C30H66N2O2P2/c1-5-9-13-19-25-35(33,26-20-14-10-6-2)29-31-23-17-18-24-32-30-36(34,27-21-15-11-7-3)28-22-16-12-8-4/h31-32H,5-30H2,1-4H3. The van der Waals surface area contributed by atoms with E-state index >= 15 is 0 Å². The van der Waals surface area contributed by atoms with Gasteiger partial charge in [-0.05, 0) is 51.6 Å². The second-order valence-corrected chi connectivity index (χ2v) is 17.9. The molecule has 0 spiro atoms. The minimum atomic E-state index is -2.08. The number of unbranched alkanes of at least 4 members (excludes halogenated alkanes) is 13. The average Bonchev–Trinajstić information content (AvgIpc) is 2.87. The van der Waals surface area contributed by atoms with Gasteiger partial charge in [-0.3, -0.25) is 0 Å². The van der Waals surface area contributed by atoms with Gasteiger partial charge in [0.2, 0.25) is 0 Å². The molecule has 0 aliphatic rings. The highest BCUT2D eigenvalue weighted by Gasteiger charge is 2.21. The molecule has 218 valence electrons. The van der Waals surface area contributed by atoms with Crippen molar-refractivity contribution in [3.63, 3.8) is 0 Å². The van der Waals surface area contributed by atoms with Gasteiger partial charge in [0.05, 0.1) is 0 Å². The van der Waals surface area contributed by atoms with Crippen LogP contribution in [-0.2, 0) is 9.13 Å². The Hall–Kier alpha value is 0.380. The van der Waals surface area contributed by atoms with E-state index in [1.807, 2.05) is 0 Å². The first kappa shape index (κ1) is 36.4. The molecule has 0 atom stereocenters. The molecule has 0 bridgehead atoms. The van der Waals surface area contributed by atoms with E-state index in [2.05, 4.69) is 38.3 Å². The van der Waals surface area contributed by atoms with Gasteiger partial charge in [0.25, 0.3) is 0 Å². The van der Waals surface area contributed by atoms with Gasteiger partial charge in [-0.15, -0.1) is 0 Å². The van der Waals surface area contributed by atoms with Crippen molar-refractivity contribution in [1.29, 1.82) is 0 Å². The third-order valence-corrected chi connectivity index (χ3v) is 13.6. The van der Waals surface area contributed by atoms with Gasteiger partial charge in [0.1, 0.15) is 14.3 Å². The summed E-state index contributed by atoms with van der Waals surface area (Å²) in [6, 6.07) is 0. The monoisotopic (exact) mass is 548 g/mol. The molecule has 0 rings (SSSR count). The Bertz CT molecular complexity index is 477. The lowest BCUT2D eigenvalue weighted by Gasteiger charge is -2.20. The van der Waals surface area contributed by atoms with Gasteiger partial charge < -0.3 is 19.8 Å². The van der Waals surface area contributed by atoms with E-state index in [9.17, 15) is 9.13 Å². The summed E-state index contributed by atoms with van der Waals surface area (Å²) in [7, 11) is -4.16. The molecule has 0 aromatic heterocycles. The van der Waals surface area contributed by atoms with E-state index in [1.165, 1.54) is 77.0 Å². The minimum Gasteiger partial charge on any atom is -0.322 e. The maximum absolute atomic E-state index is 13.5. The van der Waals surface area contributed by atoms with Crippen molar-refractivity contribution in [1.82, 2.24) is 10.6 Å². The highest BCUT2D eigenvalue weighted by atomic mass is 31.2. The van der Waals surface area contributed by atoms with Crippen molar-refractivity contribution in [3.05, 3.63) is 0 Å². The molecule has 0 aliphatic heterocycles. The Balaban J connectivity index is 4.25. The Kier molecular flexibility index (Phi) is 25.9. The molecule has 0 saturated carbocycles. The molecule has 36 heavy (non-hydrogen) atoms. The van der Waals surface area contributed by atoms with Crippen LogP contribution in [0.1, 0.15) is 143 Å². The van der Waals surface area contributed by atoms with Crippen LogP contribution in [-0.4, -0.2) is 50.3 Å². The second-order valence-electron chi connectivity index (χ2n) is 11.3. The number of rotatable bonds is 29. The zero-order chi connectivity index (χ0) is 26.8. The largest absolute Gasteiger partial charge is 0.322 e. The molecule has 0 aliphatic carbocycles. The highest BCUT2D eigenvalue weighted by Crippen LogP contribution is 2.47. The normalized spacial score (nSPS) is 12.4. The predicted molar refractivity (Wildman–Crippen MR) is 166 cm³/mol. The fourth-order valence-electron chi connectivity index (χ4n) is 4.91. The van der Waals surface area contributed by atoms with Crippen LogP contribution >= 0.6 is 14.3 Å². The first-order chi connectivity index (χ1) is 17.4. The van der Waals surface area contributed by atoms with Gasteiger partial charge in [-0.1, -0.05) is 105 Å². The van der Waals surface area contributed by atoms with E-state index in [1.54, 1.807) is 0 Å². The van der Waals surface area contributed by atoms with Crippen molar-refractivity contribution >= 4 is 14.3 Å². The molecule has 4 nitrogen and oxygen atoms in total. The van der Waals surface area contributed by atoms with Crippen LogP contribution in [0.25, 0.3) is 0 Å². The van der Waals surface area contributed by atoms with Gasteiger partial charge in [0.15, 0.2) is 0 Å². The molecule has 0 unspecified atom stereocenters. The third kappa shape index (κ3) is 22.4.